The van der Waals surface area contributed by atoms with Crippen LogP contribution in [0.1, 0.15) is 13.3 Å². The van der Waals surface area contributed by atoms with Crippen molar-refractivity contribution in [2.75, 3.05) is 18.4 Å². The Morgan fingerprint density at radius 3 is 2.81 bits per heavy atom. The van der Waals surface area contributed by atoms with Crippen molar-refractivity contribution >= 4 is 23.6 Å². The van der Waals surface area contributed by atoms with Crippen LogP contribution >= 0.6 is 0 Å². The largest absolute Gasteiger partial charge is 0.480 e. The summed E-state index contributed by atoms with van der Waals surface area (Å²) in [6, 6.07) is -0.366. The van der Waals surface area contributed by atoms with E-state index in [1.807, 2.05) is 0 Å². The minimum atomic E-state index is -1.02. The number of carboxylic acids is 1. The lowest BCUT2D eigenvalue weighted by atomic mass is 9.89. The highest BCUT2D eigenvalue weighted by atomic mass is 16.4. The van der Waals surface area contributed by atoms with Gasteiger partial charge in [0, 0.05) is 19.3 Å². The number of carbonyl (C=O) groups is 3. The second-order valence-corrected chi connectivity index (χ2v) is 5.35. The zero-order chi connectivity index (χ0) is 15.6. The highest BCUT2D eigenvalue weighted by molar-refractivity contribution is 5.90. The number of anilines is 1. The van der Waals surface area contributed by atoms with Crippen molar-refractivity contribution in [3.8, 4) is 0 Å². The average molecular weight is 295 g/mol. The van der Waals surface area contributed by atoms with Crippen molar-refractivity contribution in [1.29, 1.82) is 0 Å². The first kappa shape index (κ1) is 14.8. The third-order valence-corrected chi connectivity index (χ3v) is 3.54. The number of primary amides is 1. The molecule has 1 aromatic rings. The van der Waals surface area contributed by atoms with Crippen molar-refractivity contribution in [3.05, 3.63) is 12.4 Å². The van der Waals surface area contributed by atoms with Gasteiger partial charge in [0.15, 0.2) is 0 Å². The van der Waals surface area contributed by atoms with Crippen LogP contribution in [0, 0.1) is 5.41 Å². The summed E-state index contributed by atoms with van der Waals surface area (Å²) in [4.78, 5) is 35.5. The molecule has 1 fully saturated rings. The van der Waals surface area contributed by atoms with E-state index in [-0.39, 0.29) is 19.1 Å². The van der Waals surface area contributed by atoms with Gasteiger partial charge < -0.3 is 21.1 Å². The lowest BCUT2D eigenvalue weighted by Gasteiger charge is -2.21. The molecule has 0 bridgehead atoms. The van der Waals surface area contributed by atoms with Gasteiger partial charge in [0.05, 0.1) is 17.3 Å². The Morgan fingerprint density at radius 2 is 2.24 bits per heavy atom. The smallest absolute Gasteiger partial charge is 0.325 e. The summed E-state index contributed by atoms with van der Waals surface area (Å²) in [5.41, 5.74) is 5.02. The highest BCUT2D eigenvalue weighted by Crippen LogP contribution is 2.29. The lowest BCUT2D eigenvalue weighted by molar-refractivity contribution is -0.137. The molecule has 0 aliphatic carbocycles. The fourth-order valence-electron chi connectivity index (χ4n) is 2.19. The molecule has 2 heterocycles. The predicted molar refractivity (Wildman–Crippen MR) is 72.4 cm³/mol. The van der Waals surface area contributed by atoms with Crippen LogP contribution < -0.4 is 11.1 Å². The number of likely N-dealkylation sites (tertiary alicyclic amines) is 1. The van der Waals surface area contributed by atoms with E-state index in [0.29, 0.717) is 18.7 Å². The third kappa shape index (κ3) is 3.30. The van der Waals surface area contributed by atoms with Gasteiger partial charge in [-0.15, -0.1) is 0 Å². The Morgan fingerprint density at radius 1 is 1.52 bits per heavy atom. The molecule has 0 radical (unpaired) electrons. The Kier molecular flexibility index (Phi) is 3.83. The predicted octanol–water partition coefficient (Wildman–Crippen LogP) is -0.303. The zero-order valence-electron chi connectivity index (χ0n) is 11.6. The zero-order valence-corrected chi connectivity index (χ0v) is 11.6. The lowest BCUT2D eigenvalue weighted by Crippen LogP contribution is -2.40. The first-order chi connectivity index (χ1) is 9.80. The fourth-order valence-corrected chi connectivity index (χ4v) is 2.19. The maximum absolute atomic E-state index is 12.1. The highest BCUT2D eigenvalue weighted by Gasteiger charge is 2.40. The summed E-state index contributed by atoms with van der Waals surface area (Å²) in [5, 5.41) is 15.1. The van der Waals surface area contributed by atoms with Gasteiger partial charge in [0.25, 0.3) is 0 Å². The number of nitrogens with two attached hydrogens (primary N) is 1. The van der Waals surface area contributed by atoms with Gasteiger partial charge in [-0.2, -0.15) is 5.10 Å². The molecule has 1 aliphatic heterocycles. The number of aliphatic carboxylic acids is 1. The number of rotatable bonds is 4. The molecule has 0 saturated carbocycles. The number of urea groups is 1. The number of amides is 3. The quantitative estimate of drug-likeness (QED) is 0.701. The Labute approximate surface area is 120 Å². The molecule has 1 aliphatic rings. The van der Waals surface area contributed by atoms with Crippen molar-refractivity contribution in [2.45, 2.75) is 19.9 Å². The van der Waals surface area contributed by atoms with Gasteiger partial charge in [0.1, 0.15) is 6.54 Å². The molecule has 1 unspecified atom stereocenters. The van der Waals surface area contributed by atoms with Crippen LogP contribution in [0.5, 0.6) is 0 Å². The third-order valence-electron chi connectivity index (χ3n) is 3.54. The molecule has 1 aromatic heterocycles. The normalized spacial score (nSPS) is 21.3. The summed E-state index contributed by atoms with van der Waals surface area (Å²) in [6.45, 7) is 2.15. The molecule has 21 heavy (non-hydrogen) atoms. The minimum Gasteiger partial charge on any atom is -0.480 e. The molecule has 4 N–H and O–H groups in total. The van der Waals surface area contributed by atoms with Gasteiger partial charge in [-0.1, -0.05) is 0 Å². The summed E-state index contributed by atoms with van der Waals surface area (Å²) in [7, 11) is 0. The molecule has 1 atom stereocenters. The molecule has 2 rings (SSSR count). The summed E-state index contributed by atoms with van der Waals surface area (Å²) in [6.07, 6.45) is 3.31. The first-order valence-corrected chi connectivity index (χ1v) is 6.40. The van der Waals surface area contributed by atoms with E-state index >= 15 is 0 Å². The summed E-state index contributed by atoms with van der Waals surface area (Å²) < 4.78 is 1.20. The molecule has 0 spiro atoms. The van der Waals surface area contributed by atoms with Crippen molar-refractivity contribution in [3.63, 3.8) is 0 Å². The standard InChI is InChI=1S/C12H17N5O4/c1-12(10(13)20)2-3-16(7-12)11(21)15-8-4-14-17(5-8)6-9(18)19/h4-5H,2-3,6-7H2,1H3,(H2,13,20)(H,15,21)(H,18,19). The molecule has 3 amide bonds. The average Bonchev–Trinajstić information content (AvgIpc) is 2.96. The summed E-state index contributed by atoms with van der Waals surface area (Å²) >= 11 is 0. The molecule has 9 heteroatoms. The van der Waals surface area contributed by atoms with Crippen LogP contribution in [0.15, 0.2) is 12.4 Å². The van der Waals surface area contributed by atoms with Crippen LogP contribution in [0.3, 0.4) is 0 Å². The van der Waals surface area contributed by atoms with E-state index in [9.17, 15) is 14.4 Å². The fraction of sp³-hybridized carbons (Fsp3) is 0.500. The molecule has 9 nitrogen and oxygen atoms in total. The number of hydrogen-bond donors (Lipinski definition) is 3. The maximum atomic E-state index is 12.1. The van der Waals surface area contributed by atoms with Gasteiger partial charge >= 0.3 is 12.0 Å². The Bertz CT molecular complexity index is 584. The molecule has 114 valence electrons. The van der Waals surface area contributed by atoms with E-state index < -0.39 is 17.3 Å². The van der Waals surface area contributed by atoms with E-state index in [0.717, 1.165) is 0 Å². The van der Waals surface area contributed by atoms with Gasteiger partial charge in [-0.05, 0) is 13.3 Å². The molecular weight excluding hydrogens is 278 g/mol. The van der Waals surface area contributed by atoms with Gasteiger partial charge in [-0.25, -0.2) is 4.79 Å². The topological polar surface area (TPSA) is 131 Å². The Hall–Kier alpha value is -2.58. The second-order valence-electron chi connectivity index (χ2n) is 5.35. The van der Waals surface area contributed by atoms with Crippen molar-refractivity contribution < 1.29 is 19.5 Å². The number of nitrogens with one attached hydrogen (secondary N) is 1. The maximum Gasteiger partial charge on any atom is 0.325 e. The number of carbonyl (C=O) groups excluding carboxylic acids is 2. The number of carboxylic acid groups (broad SMARTS) is 1. The number of hydrogen-bond acceptors (Lipinski definition) is 4. The molecule has 1 saturated heterocycles. The van der Waals surface area contributed by atoms with Gasteiger partial charge in [0.2, 0.25) is 5.91 Å². The minimum absolute atomic E-state index is 0.261. The van der Waals surface area contributed by atoms with E-state index in [4.69, 9.17) is 10.8 Å². The van der Waals surface area contributed by atoms with E-state index in [2.05, 4.69) is 10.4 Å². The van der Waals surface area contributed by atoms with E-state index in [1.165, 1.54) is 22.0 Å². The first-order valence-electron chi connectivity index (χ1n) is 6.40. The summed E-state index contributed by atoms with van der Waals surface area (Å²) in [5.74, 6) is -1.44. The SMILES string of the molecule is CC1(C(N)=O)CCN(C(=O)Nc2cnn(CC(=O)O)c2)C1. The van der Waals surface area contributed by atoms with Crippen molar-refractivity contribution in [2.24, 2.45) is 11.1 Å². The number of aromatic nitrogens is 2. The number of nitrogens with zero attached hydrogens (tertiary/aromatic N) is 3. The molecular formula is C12H17N5O4. The van der Waals surface area contributed by atoms with Crippen LogP contribution in [0.4, 0.5) is 10.5 Å². The second kappa shape index (κ2) is 5.43. The molecule has 0 aromatic carbocycles. The van der Waals surface area contributed by atoms with Gasteiger partial charge in [-0.3, -0.25) is 14.3 Å². The van der Waals surface area contributed by atoms with E-state index in [1.54, 1.807) is 6.92 Å². The van der Waals surface area contributed by atoms with Crippen LogP contribution in [0.25, 0.3) is 0 Å². The monoisotopic (exact) mass is 295 g/mol. The van der Waals surface area contributed by atoms with Crippen LogP contribution in [-0.2, 0) is 16.1 Å². The Balaban J connectivity index is 1.95. The van der Waals surface area contributed by atoms with Crippen molar-refractivity contribution in [1.82, 2.24) is 14.7 Å². The van der Waals surface area contributed by atoms with Crippen LogP contribution in [-0.4, -0.2) is 50.8 Å². The van der Waals surface area contributed by atoms with Crippen LogP contribution in [0.2, 0.25) is 0 Å².